The van der Waals surface area contributed by atoms with Gasteiger partial charge < -0.3 is 14.5 Å². The van der Waals surface area contributed by atoms with Gasteiger partial charge in [-0.25, -0.2) is 0 Å². The highest BCUT2D eigenvalue weighted by molar-refractivity contribution is 5.96. The molecule has 0 fully saturated rings. The lowest BCUT2D eigenvalue weighted by Gasteiger charge is -2.45. The number of ether oxygens (including phenoxy) is 1. The third kappa shape index (κ3) is 4.27. The van der Waals surface area contributed by atoms with E-state index in [1.807, 2.05) is 0 Å². The molecule has 0 bridgehead atoms. The molecular formula is C44H34N2O. The van der Waals surface area contributed by atoms with Crippen LogP contribution in [0.4, 0.5) is 34.1 Å². The SMILES string of the molecule is Cc1cccc2c1N1c3cc(N(c4ccc(-c5ccccc5)cc4)c4ccc5ccccc5c4)ccc3C(C)(C)c3cccc(c31)O2. The molecule has 0 N–H and O–H groups in total. The minimum absolute atomic E-state index is 0.218. The molecule has 2 aliphatic heterocycles. The predicted octanol–water partition coefficient (Wildman–Crippen LogP) is 12.5. The van der Waals surface area contributed by atoms with Gasteiger partial charge in [0.25, 0.3) is 0 Å². The molecule has 2 aliphatic rings. The summed E-state index contributed by atoms with van der Waals surface area (Å²) in [4.78, 5) is 4.83. The van der Waals surface area contributed by atoms with E-state index in [4.69, 9.17) is 4.74 Å². The fourth-order valence-corrected chi connectivity index (χ4v) is 7.53. The third-order valence-electron chi connectivity index (χ3n) is 9.92. The monoisotopic (exact) mass is 606 g/mol. The minimum atomic E-state index is -0.218. The van der Waals surface area contributed by atoms with Gasteiger partial charge in [-0.05, 0) is 94.0 Å². The Bertz CT molecular complexity index is 2320. The quantitative estimate of drug-likeness (QED) is 0.198. The number of aryl methyl sites for hydroxylation is 1. The van der Waals surface area contributed by atoms with E-state index < -0.39 is 0 Å². The first kappa shape index (κ1) is 27.5. The van der Waals surface area contributed by atoms with Gasteiger partial charge in [-0.2, -0.15) is 0 Å². The Hall–Kier alpha value is -5.80. The first-order valence-electron chi connectivity index (χ1n) is 16.3. The lowest BCUT2D eigenvalue weighted by molar-refractivity contribution is 0.471. The van der Waals surface area contributed by atoms with Crippen molar-refractivity contribution in [3.05, 3.63) is 168 Å². The standard InChI is InChI=1S/C44H34N2O/c1-29-11-9-17-40-42(29)46-39-28-36(25-26-37(39)44(2,3)38-16-10-18-41(47-40)43(38)46)45(35-24-21-31-14-7-8-15-33(31)27-35)34-22-19-32(20-23-34)30-12-5-4-6-13-30/h4-28H,1-3H3. The second-order valence-electron chi connectivity index (χ2n) is 13.1. The van der Waals surface area contributed by atoms with Crippen molar-refractivity contribution in [1.82, 2.24) is 0 Å². The van der Waals surface area contributed by atoms with Crippen molar-refractivity contribution in [2.45, 2.75) is 26.2 Å². The van der Waals surface area contributed by atoms with E-state index >= 15 is 0 Å². The first-order valence-corrected chi connectivity index (χ1v) is 16.3. The van der Waals surface area contributed by atoms with Gasteiger partial charge in [-0.15, -0.1) is 0 Å². The smallest absolute Gasteiger partial charge is 0.151 e. The van der Waals surface area contributed by atoms with Crippen LogP contribution in [0.15, 0.2) is 152 Å². The van der Waals surface area contributed by atoms with Crippen LogP contribution in [0.1, 0.15) is 30.5 Å². The second kappa shape index (κ2) is 10.4. The molecule has 7 aromatic carbocycles. The molecule has 0 spiro atoms. The van der Waals surface area contributed by atoms with Gasteiger partial charge in [-0.3, -0.25) is 0 Å². The zero-order valence-corrected chi connectivity index (χ0v) is 26.7. The Morgan fingerprint density at radius 1 is 0.511 bits per heavy atom. The number of fused-ring (bicyclic) bond motifs is 5. The number of anilines is 6. The normalized spacial score (nSPS) is 13.7. The van der Waals surface area contributed by atoms with E-state index in [0.717, 1.165) is 39.9 Å². The van der Waals surface area contributed by atoms with Gasteiger partial charge >= 0.3 is 0 Å². The number of para-hydroxylation sites is 2. The van der Waals surface area contributed by atoms with Crippen molar-refractivity contribution in [2.75, 3.05) is 9.80 Å². The first-order chi connectivity index (χ1) is 23.0. The average Bonchev–Trinajstić information content (AvgIpc) is 3.11. The summed E-state index contributed by atoms with van der Waals surface area (Å²) in [5.74, 6) is 1.78. The van der Waals surface area contributed by atoms with Crippen LogP contribution in [0.25, 0.3) is 21.9 Å². The average molecular weight is 607 g/mol. The second-order valence-corrected chi connectivity index (χ2v) is 13.1. The van der Waals surface area contributed by atoms with E-state index in [-0.39, 0.29) is 5.41 Å². The Balaban J connectivity index is 1.26. The maximum atomic E-state index is 6.57. The number of hydrogen-bond acceptors (Lipinski definition) is 3. The van der Waals surface area contributed by atoms with Crippen LogP contribution in [0.3, 0.4) is 0 Å². The molecule has 7 aromatic rings. The van der Waals surface area contributed by atoms with Crippen molar-refractivity contribution in [3.63, 3.8) is 0 Å². The predicted molar refractivity (Wildman–Crippen MR) is 196 cm³/mol. The summed E-state index contributed by atoms with van der Waals surface area (Å²) in [6.45, 7) is 6.83. The molecule has 0 saturated heterocycles. The van der Waals surface area contributed by atoms with E-state index in [1.165, 1.54) is 44.3 Å². The van der Waals surface area contributed by atoms with Crippen molar-refractivity contribution in [1.29, 1.82) is 0 Å². The highest BCUT2D eigenvalue weighted by Crippen LogP contribution is 2.61. The topological polar surface area (TPSA) is 15.7 Å². The van der Waals surface area contributed by atoms with E-state index in [2.05, 4.69) is 182 Å². The molecule has 0 aliphatic carbocycles. The van der Waals surface area contributed by atoms with Gasteiger partial charge in [0.1, 0.15) is 0 Å². The maximum absolute atomic E-state index is 6.57. The zero-order chi connectivity index (χ0) is 31.7. The summed E-state index contributed by atoms with van der Waals surface area (Å²) < 4.78 is 6.57. The fourth-order valence-electron chi connectivity index (χ4n) is 7.53. The van der Waals surface area contributed by atoms with Gasteiger partial charge in [0, 0.05) is 22.5 Å². The number of hydrogen-bond donors (Lipinski definition) is 0. The van der Waals surface area contributed by atoms with Crippen molar-refractivity contribution >= 4 is 44.9 Å². The summed E-state index contributed by atoms with van der Waals surface area (Å²) >= 11 is 0. The third-order valence-corrected chi connectivity index (χ3v) is 9.92. The Morgan fingerprint density at radius 2 is 1.15 bits per heavy atom. The molecule has 3 nitrogen and oxygen atoms in total. The summed E-state index contributed by atoms with van der Waals surface area (Å²) in [7, 11) is 0. The summed E-state index contributed by atoms with van der Waals surface area (Å²) in [5.41, 5.74) is 12.7. The van der Waals surface area contributed by atoms with E-state index in [9.17, 15) is 0 Å². The highest BCUT2D eigenvalue weighted by Gasteiger charge is 2.42. The molecule has 0 saturated carbocycles. The van der Waals surface area contributed by atoms with Crippen LogP contribution in [-0.2, 0) is 5.41 Å². The Labute approximate surface area is 275 Å². The van der Waals surface area contributed by atoms with Crippen molar-refractivity contribution in [2.24, 2.45) is 0 Å². The number of nitrogens with zero attached hydrogens (tertiary/aromatic N) is 2. The molecule has 3 heteroatoms. The summed E-state index contributed by atoms with van der Waals surface area (Å²) in [6.07, 6.45) is 0. The Kier molecular flexibility index (Phi) is 6.07. The van der Waals surface area contributed by atoms with Crippen LogP contribution < -0.4 is 14.5 Å². The number of benzene rings is 7. The van der Waals surface area contributed by atoms with Crippen LogP contribution >= 0.6 is 0 Å². The summed E-state index contributed by atoms with van der Waals surface area (Å²) in [5, 5.41) is 2.44. The largest absolute Gasteiger partial charge is 0.453 e. The maximum Gasteiger partial charge on any atom is 0.151 e. The molecule has 0 unspecified atom stereocenters. The van der Waals surface area contributed by atoms with Gasteiger partial charge in [0.15, 0.2) is 11.5 Å². The Morgan fingerprint density at radius 3 is 1.96 bits per heavy atom. The molecule has 0 aromatic heterocycles. The van der Waals surface area contributed by atoms with Crippen molar-refractivity contribution in [3.8, 4) is 22.6 Å². The van der Waals surface area contributed by atoms with Crippen LogP contribution in [0.2, 0.25) is 0 Å². The minimum Gasteiger partial charge on any atom is -0.453 e. The molecule has 226 valence electrons. The summed E-state index contributed by atoms with van der Waals surface area (Å²) in [6, 6.07) is 54.6. The van der Waals surface area contributed by atoms with Gasteiger partial charge in [0.2, 0.25) is 0 Å². The lowest BCUT2D eigenvalue weighted by atomic mass is 9.73. The molecule has 47 heavy (non-hydrogen) atoms. The molecule has 0 amide bonds. The van der Waals surface area contributed by atoms with Gasteiger partial charge in [0.05, 0.1) is 17.1 Å². The van der Waals surface area contributed by atoms with Crippen LogP contribution in [0.5, 0.6) is 11.5 Å². The van der Waals surface area contributed by atoms with Crippen LogP contribution in [-0.4, -0.2) is 0 Å². The van der Waals surface area contributed by atoms with Crippen molar-refractivity contribution < 1.29 is 4.74 Å². The van der Waals surface area contributed by atoms with Gasteiger partial charge in [-0.1, -0.05) is 117 Å². The van der Waals surface area contributed by atoms with E-state index in [1.54, 1.807) is 0 Å². The number of rotatable bonds is 4. The zero-order valence-electron chi connectivity index (χ0n) is 26.7. The molecule has 2 heterocycles. The highest BCUT2D eigenvalue weighted by atomic mass is 16.5. The van der Waals surface area contributed by atoms with Crippen LogP contribution in [0, 0.1) is 6.92 Å². The fraction of sp³-hybridized carbons (Fsp3) is 0.0909. The molecule has 0 radical (unpaired) electrons. The molecular weight excluding hydrogens is 572 g/mol. The molecule has 9 rings (SSSR count). The lowest BCUT2D eigenvalue weighted by Crippen LogP contribution is -2.32. The molecule has 0 atom stereocenters. The van der Waals surface area contributed by atoms with E-state index in [0.29, 0.717) is 0 Å².